The fraction of sp³-hybridized carbons (Fsp3) is 0.364. The lowest BCUT2D eigenvalue weighted by atomic mass is 10.2. The van der Waals surface area contributed by atoms with E-state index in [9.17, 15) is 8.96 Å². The molecule has 0 spiro atoms. The van der Waals surface area contributed by atoms with E-state index in [1.165, 1.54) is 18.7 Å². The topological polar surface area (TPSA) is 136 Å². The Bertz CT molecular complexity index is 788. The van der Waals surface area contributed by atoms with E-state index >= 15 is 0 Å². The summed E-state index contributed by atoms with van der Waals surface area (Å²) in [6.07, 6.45) is 2.41. The number of nitrogens with two attached hydrogens (primary N) is 1. The minimum absolute atomic E-state index is 0.182. The van der Waals surface area contributed by atoms with Crippen molar-refractivity contribution >= 4 is 24.6 Å². The van der Waals surface area contributed by atoms with Crippen molar-refractivity contribution in [1.29, 1.82) is 0 Å². The molecule has 2 heterocycles. The first-order chi connectivity index (χ1) is 10.3. The van der Waals surface area contributed by atoms with E-state index in [4.69, 9.17) is 20.3 Å². The van der Waals surface area contributed by atoms with Crippen LogP contribution in [0.1, 0.15) is 12.5 Å². The first kappa shape index (κ1) is 15.0. The summed E-state index contributed by atoms with van der Waals surface area (Å²) in [7, 11) is -4.34. The summed E-state index contributed by atoms with van der Waals surface area (Å²) in [6, 6.07) is -0.430. The second-order valence-electron chi connectivity index (χ2n) is 4.89. The van der Waals surface area contributed by atoms with Crippen LogP contribution < -0.4 is 5.73 Å². The first-order valence-corrected chi connectivity index (χ1v) is 8.11. The van der Waals surface area contributed by atoms with Gasteiger partial charge in [-0.25, -0.2) is 19.3 Å². The van der Waals surface area contributed by atoms with E-state index in [1.54, 1.807) is 4.57 Å². The zero-order valence-corrected chi connectivity index (χ0v) is 12.1. The lowest BCUT2D eigenvalue weighted by Gasteiger charge is -2.15. The average molecular weight is 329 g/mol. The molecule has 0 radical (unpaired) electrons. The van der Waals surface area contributed by atoms with Crippen LogP contribution in [-0.4, -0.2) is 41.8 Å². The molecule has 0 saturated carbocycles. The van der Waals surface area contributed by atoms with Gasteiger partial charge in [0.15, 0.2) is 11.5 Å². The molecule has 0 aliphatic heterocycles. The van der Waals surface area contributed by atoms with E-state index in [1.807, 2.05) is 0 Å². The van der Waals surface area contributed by atoms with E-state index < -0.39 is 31.9 Å². The number of nitrogen functional groups attached to an aromatic ring is 1. The number of ether oxygens (including phenoxy) is 1. The lowest BCUT2D eigenvalue weighted by molar-refractivity contribution is 0.0816. The predicted octanol–water partition coefficient (Wildman–Crippen LogP) is 0.727. The van der Waals surface area contributed by atoms with Crippen molar-refractivity contribution in [3.63, 3.8) is 0 Å². The number of aromatic nitrogens is 4. The van der Waals surface area contributed by atoms with Crippen LogP contribution in [0.15, 0.2) is 24.6 Å². The molecule has 2 aromatic heterocycles. The molecule has 0 fully saturated rings. The molecule has 1 aliphatic carbocycles. The maximum absolute atomic E-state index is 13.9. The van der Waals surface area contributed by atoms with Gasteiger partial charge in [-0.05, 0) is 6.08 Å². The predicted molar refractivity (Wildman–Crippen MR) is 74.4 cm³/mol. The van der Waals surface area contributed by atoms with Crippen molar-refractivity contribution in [3.05, 3.63) is 24.6 Å². The summed E-state index contributed by atoms with van der Waals surface area (Å²) in [5.74, 6) is -0.358. The number of anilines is 1. The summed E-state index contributed by atoms with van der Waals surface area (Å²) in [5, 5.41) is 0. The Labute approximate surface area is 123 Å². The molecule has 0 unspecified atom stereocenters. The third-order valence-electron chi connectivity index (χ3n) is 3.30. The monoisotopic (exact) mass is 329 g/mol. The normalized spacial score (nSPS) is 22.2. The highest BCUT2D eigenvalue weighted by Crippen LogP contribution is 2.39. The van der Waals surface area contributed by atoms with Gasteiger partial charge in [0.05, 0.1) is 12.4 Å². The van der Waals surface area contributed by atoms with Crippen molar-refractivity contribution in [2.45, 2.75) is 18.6 Å². The van der Waals surface area contributed by atoms with Gasteiger partial charge in [-0.15, -0.1) is 0 Å². The molecule has 0 amide bonds. The summed E-state index contributed by atoms with van der Waals surface area (Å²) < 4.78 is 31.2. The zero-order valence-electron chi connectivity index (χ0n) is 11.2. The minimum Gasteiger partial charge on any atom is -0.382 e. The molecule has 1 aliphatic rings. The van der Waals surface area contributed by atoms with Gasteiger partial charge >= 0.3 is 7.60 Å². The van der Waals surface area contributed by atoms with Crippen molar-refractivity contribution < 1.29 is 23.5 Å². The molecule has 11 heteroatoms. The van der Waals surface area contributed by atoms with Gasteiger partial charge in [0.2, 0.25) is 0 Å². The largest absolute Gasteiger partial charge is 0.382 e. The highest BCUT2D eigenvalue weighted by Gasteiger charge is 2.31. The highest BCUT2D eigenvalue weighted by atomic mass is 31.2. The highest BCUT2D eigenvalue weighted by molar-refractivity contribution is 7.51. The molecule has 2 atom stereocenters. The Kier molecular flexibility index (Phi) is 3.69. The average Bonchev–Trinajstić information content (AvgIpc) is 3.00. The first-order valence-electron chi connectivity index (χ1n) is 6.31. The fourth-order valence-electron chi connectivity index (χ4n) is 2.33. The van der Waals surface area contributed by atoms with Gasteiger partial charge in [-0.1, -0.05) is 0 Å². The van der Waals surface area contributed by atoms with E-state index in [0.29, 0.717) is 11.2 Å². The van der Waals surface area contributed by atoms with Crippen molar-refractivity contribution in [3.8, 4) is 0 Å². The second kappa shape index (κ2) is 5.40. The maximum atomic E-state index is 13.9. The molecular weight excluding hydrogens is 316 g/mol. The van der Waals surface area contributed by atoms with Crippen LogP contribution in [0, 0.1) is 0 Å². The van der Waals surface area contributed by atoms with Gasteiger partial charge in [-0.3, -0.25) is 4.57 Å². The number of hydrogen-bond acceptors (Lipinski definition) is 6. The number of rotatable bonds is 4. The fourth-order valence-corrected chi connectivity index (χ4v) is 2.71. The number of allylic oxidation sites excluding steroid dienone is 1. The molecule has 22 heavy (non-hydrogen) atoms. The minimum atomic E-state index is -4.34. The summed E-state index contributed by atoms with van der Waals surface area (Å²) in [5.41, 5.74) is 6.56. The number of nitrogens with zero attached hydrogens (tertiary/aromatic N) is 4. The smallest absolute Gasteiger partial charge is 0.351 e. The molecule has 118 valence electrons. The van der Waals surface area contributed by atoms with Gasteiger partial charge in [-0.2, -0.15) is 0 Å². The van der Waals surface area contributed by atoms with E-state index in [-0.39, 0.29) is 12.2 Å². The molecule has 0 aromatic carbocycles. The van der Waals surface area contributed by atoms with Crippen LogP contribution in [0.3, 0.4) is 0 Å². The number of imidazole rings is 1. The zero-order chi connectivity index (χ0) is 15.9. The summed E-state index contributed by atoms with van der Waals surface area (Å²) >= 11 is 0. The third-order valence-corrected chi connectivity index (χ3v) is 3.79. The molecule has 2 aromatic rings. The number of hydrogen-bond donors (Lipinski definition) is 3. The number of fused-ring (bicyclic) bond motifs is 1. The van der Waals surface area contributed by atoms with Crippen molar-refractivity contribution in [1.82, 2.24) is 19.5 Å². The Hall–Kier alpha value is -1.87. The van der Waals surface area contributed by atoms with Crippen LogP contribution in [0.25, 0.3) is 11.2 Å². The SMILES string of the molecule is Nc1ncnc2c1ncn2[C@H]1C=C(F)[C@H](OCP(=O)(O)O)C1. The van der Waals surface area contributed by atoms with E-state index in [0.717, 1.165) is 0 Å². The summed E-state index contributed by atoms with van der Waals surface area (Å²) in [6.45, 7) is 0. The van der Waals surface area contributed by atoms with E-state index in [2.05, 4.69) is 15.0 Å². The lowest BCUT2D eigenvalue weighted by Crippen LogP contribution is -2.14. The molecule has 0 saturated heterocycles. The van der Waals surface area contributed by atoms with Gasteiger partial charge < -0.3 is 24.8 Å². The molecule has 3 rings (SSSR count). The molecule has 4 N–H and O–H groups in total. The number of halogens is 1. The Balaban J connectivity index is 1.82. The van der Waals surface area contributed by atoms with Crippen molar-refractivity contribution in [2.75, 3.05) is 12.1 Å². The Morgan fingerprint density at radius 2 is 2.23 bits per heavy atom. The second-order valence-corrected chi connectivity index (χ2v) is 6.47. The molecule has 0 bridgehead atoms. The van der Waals surface area contributed by atoms with Gasteiger partial charge in [0.25, 0.3) is 0 Å². The van der Waals surface area contributed by atoms with Gasteiger partial charge in [0, 0.05) is 6.42 Å². The van der Waals surface area contributed by atoms with Crippen LogP contribution >= 0.6 is 7.60 Å². The molecule has 9 nitrogen and oxygen atoms in total. The third kappa shape index (κ3) is 2.86. The van der Waals surface area contributed by atoms with Crippen molar-refractivity contribution in [2.24, 2.45) is 0 Å². The summed E-state index contributed by atoms with van der Waals surface area (Å²) in [4.78, 5) is 29.6. The van der Waals surface area contributed by atoms with Crippen LogP contribution in [0.5, 0.6) is 0 Å². The Morgan fingerprint density at radius 3 is 2.95 bits per heavy atom. The standard InChI is InChI=1S/C11H13FN5O4P/c12-7-1-6(2-8(7)21-5-22(18,19)20)17-4-16-9-10(13)14-3-15-11(9)17/h1,3-4,6,8H,2,5H2,(H2,13,14,15)(H2,18,19,20)/t6-,8+/m0/s1. The molecular formula is C11H13FN5O4P. The van der Waals surface area contributed by atoms with Crippen LogP contribution in [0.4, 0.5) is 10.2 Å². The van der Waals surface area contributed by atoms with Gasteiger partial charge in [0.1, 0.15) is 30.1 Å². The quantitative estimate of drug-likeness (QED) is 0.698. The van der Waals surface area contributed by atoms with Crippen LogP contribution in [-0.2, 0) is 9.30 Å². The maximum Gasteiger partial charge on any atom is 0.351 e. The van der Waals surface area contributed by atoms with Crippen LogP contribution in [0.2, 0.25) is 0 Å². The Morgan fingerprint density at radius 1 is 1.45 bits per heavy atom.